The molecule has 1 aromatic rings. The van der Waals surface area contributed by atoms with Gasteiger partial charge in [-0.25, -0.2) is 8.78 Å². The van der Waals surface area contributed by atoms with Crippen molar-refractivity contribution in [2.45, 2.75) is 26.0 Å². The van der Waals surface area contributed by atoms with Crippen molar-refractivity contribution in [3.05, 3.63) is 35.4 Å². The molecule has 0 aliphatic heterocycles. The molecule has 1 atom stereocenters. The Kier molecular flexibility index (Phi) is 6.18. The third-order valence-electron chi connectivity index (χ3n) is 2.34. The topological polar surface area (TPSA) is 44.5 Å². The van der Waals surface area contributed by atoms with Gasteiger partial charge < -0.3 is 15.2 Å². The Morgan fingerprint density at radius 1 is 1.22 bits per heavy atom. The summed E-state index contributed by atoms with van der Waals surface area (Å²) in [6, 6.07) is 2.73. The van der Waals surface area contributed by atoms with Gasteiger partial charge in [-0.2, -0.15) is 0 Å². The van der Waals surface area contributed by atoms with E-state index in [-0.39, 0.29) is 18.3 Å². The van der Waals surface area contributed by atoms with Crippen molar-refractivity contribution in [3.63, 3.8) is 0 Å². The van der Waals surface area contributed by atoms with Crippen LogP contribution in [0.1, 0.15) is 25.5 Å². The van der Waals surface area contributed by atoms with E-state index in [0.717, 1.165) is 6.07 Å². The summed E-state index contributed by atoms with van der Waals surface area (Å²) in [6.07, 6.45) is 0.150. The number of ether oxygens (including phenoxy) is 2. The van der Waals surface area contributed by atoms with E-state index in [1.54, 1.807) is 0 Å². The predicted octanol–water partition coefficient (Wildman–Crippen LogP) is 2.41. The third-order valence-corrected chi connectivity index (χ3v) is 2.34. The Balaban J connectivity index is 2.34. The molecule has 0 saturated carbocycles. The summed E-state index contributed by atoms with van der Waals surface area (Å²) >= 11 is 0. The fourth-order valence-electron chi connectivity index (χ4n) is 1.45. The molecule has 0 amide bonds. The van der Waals surface area contributed by atoms with E-state index in [1.807, 2.05) is 13.8 Å². The Morgan fingerprint density at radius 2 is 1.94 bits per heavy atom. The molecule has 1 unspecified atom stereocenters. The third kappa shape index (κ3) is 5.08. The highest BCUT2D eigenvalue weighted by molar-refractivity contribution is 5.21. The number of rotatable bonds is 7. The lowest BCUT2D eigenvalue weighted by Gasteiger charge is -2.14. The largest absolute Gasteiger partial charge is 0.377 e. The van der Waals surface area contributed by atoms with Gasteiger partial charge in [0.15, 0.2) is 0 Å². The van der Waals surface area contributed by atoms with E-state index in [2.05, 4.69) is 0 Å². The second-order valence-electron chi connectivity index (χ2n) is 4.27. The van der Waals surface area contributed by atoms with Gasteiger partial charge in [-0.15, -0.1) is 0 Å². The molecule has 2 N–H and O–H groups in total. The molecule has 0 saturated heterocycles. The molecule has 5 heteroatoms. The molecule has 0 bridgehead atoms. The van der Waals surface area contributed by atoms with Crippen LogP contribution in [0.25, 0.3) is 0 Å². The van der Waals surface area contributed by atoms with Crippen molar-refractivity contribution in [1.29, 1.82) is 0 Å². The predicted molar refractivity (Wildman–Crippen MR) is 65.2 cm³/mol. The number of nitrogens with two attached hydrogens (primary N) is 1. The SMILES string of the molecule is CC(C)OCCOCC(N)c1ccc(F)cc1F. The monoisotopic (exact) mass is 259 g/mol. The van der Waals surface area contributed by atoms with Crippen LogP contribution in [0.3, 0.4) is 0 Å². The van der Waals surface area contributed by atoms with E-state index < -0.39 is 17.7 Å². The second-order valence-corrected chi connectivity index (χ2v) is 4.27. The fourth-order valence-corrected chi connectivity index (χ4v) is 1.45. The first-order valence-corrected chi connectivity index (χ1v) is 5.90. The zero-order chi connectivity index (χ0) is 13.5. The van der Waals surface area contributed by atoms with Crippen LogP contribution in [-0.4, -0.2) is 25.9 Å². The molecule has 0 aliphatic rings. The summed E-state index contributed by atoms with van der Waals surface area (Å²) in [5, 5.41) is 0. The zero-order valence-corrected chi connectivity index (χ0v) is 10.7. The molecule has 1 rings (SSSR count). The Morgan fingerprint density at radius 3 is 2.56 bits per heavy atom. The molecule has 0 spiro atoms. The standard InChI is InChI=1S/C13H19F2NO2/c1-9(2)18-6-5-17-8-13(16)11-4-3-10(14)7-12(11)15/h3-4,7,9,13H,5-6,8,16H2,1-2H3. The van der Waals surface area contributed by atoms with E-state index >= 15 is 0 Å². The lowest BCUT2D eigenvalue weighted by atomic mass is 10.1. The van der Waals surface area contributed by atoms with Gasteiger partial charge in [-0.3, -0.25) is 0 Å². The smallest absolute Gasteiger partial charge is 0.130 e. The minimum absolute atomic E-state index is 0.150. The van der Waals surface area contributed by atoms with Crippen molar-refractivity contribution in [2.75, 3.05) is 19.8 Å². The van der Waals surface area contributed by atoms with Gasteiger partial charge in [0, 0.05) is 11.6 Å². The van der Waals surface area contributed by atoms with Crippen LogP contribution < -0.4 is 5.73 Å². The van der Waals surface area contributed by atoms with Gasteiger partial charge in [-0.05, 0) is 19.9 Å². The maximum absolute atomic E-state index is 13.4. The molecule has 0 aliphatic carbocycles. The second kappa shape index (κ2) is 7.41. The number of hydrogen-bond donors (Lipinski definition) is 1. The summed E-state index contributed by atoms with van der Waals surface area (Å²) in [5.41, 5.74) is 6.01. The molecule has 0 fully saturated rings. The van der Waals surface area contributed by atoms with Crippen molar-refractivity contribution < 1.29 is 18.3 Å². The lowest BCUT2D eigenvalue weighted by Crippen LogP contribution is -2.20. The Hall–Kier alpha value is -1.04. The van der Waals surface area contributed by atoms with Crippen LogP contribution >= 0.6 is 0 Å². The summed E-state index contributed by atoms with van der Waals surface area (Å²) in [6.45, 7) is 4.90. The molecule has 18 heavy (non-hydrogen) atoms. The van der Waals surface area contributed by atoms with Crippen molar-refractivity contribution in [3.8, 4) is 0 Å². The van der Waals surface area contributed by atoms with Crippen LogP contribution in [0.15, 0.2) is 18.2 Å². The quantitative estimate of drug-likeness (QED) is 0.765. The first kappa shape index (κ1) is 15.0. The minimum Gasteiger partial charge on any atom is -0.377 e. The van der Waals surface area contributed by atoms with E-state index in [1.165, 1.54) is 12.1 Å². The maximum Gasteiger partial charge on any atom is 0.130 e. The highest BCUT2D eigenvalue weighted by Gasteiger charge is 2.12. The highest BCUT2D eigenvalue weighted by Crippen LogP contribution is 2.16. The Labute approximate surface area is 106 Å². The van der Waals surface area contributed by atoms with Crippen molar-refractivity contribution in [1.82, 2.24) is 0 Å². The van der Waals surface area contributed by atoms with Crippen LogP contribution in [0.4, 0.5) is 8.78 Å². The van der Waals surface area contributed by atoms with Gasteiger partial charge in [-0.1, -0.05) is 6.07 Å². The highest BCUT2D eigenvalue weighted by atomic mass is 19.1. The van der Waals surface area contributed by atoms with Crippen molar-refractivity contribution >= 4 is 0 Å². The van der Waals surface area contributed by atoms with Gasteiger partial charge in [0.1, 0.15) is 11.6 Å². The number of hydrogen-bond acceptors (Lipinski definition) is 3. The van der Waals surface area contributed by atoms with Crippen LogP contribution in [0.2, 0.25) is 0 Å². The number of halogens is 2. The van der Waals surface area contributed by atoms with E-state index in [4.69, 9.17) is 15.2 Å². The minimum atomic E-state index is -0.649. The van der Waals surface area contributed by atoms with E-state index in [0.29, 0.717) is 13.2 Å². The maximum atomic E-state index is 13.4. The molecule has 0 radical (unpaired) electrons. The summed E-state index contributed by atoms with van der Waals surface area (Å²) in [5.74, 6) is -1.26. The summed E-state index contributed by atoms with van der Waals surface area (Å²) in [4.78, 5) is 0. The molecular weight excluding hydrogens is 240 g/mol. The van der Waals surface area contributed by atoms with E-state index in [9.17, 15) is 8.78 Å². The van der Waals surface area contributed by atoms with Gasteiger partial charge in [0.2, 0.25) is 0 Å². The first-order chi connectivity index (χ1) is 8.50. The first-order valence-electron chi connectivity index (χ1n) is 5.90. The molecule has 0 aromatic heterocycles. The summed E-state index contributed by atoms with van der Waals surface area (Å²) < 4.78 is 36.6. The summed E-state index contributed by atoms with van der Waals surface area (Å²) in [7, 11) is 0. The Bertz CT molecular complexity index is 372. The van der Waals surface area contributed by atoms with Crippen LogP contribution in [0.5, 0.6) is 0 Å². The average Bonchev–Trinajstić information content (AvgIpc) is 2.27. The van der Waals surface area contributed by atoms with Gasteiger partial charge >= 0.3 is 0 Å². The molecule has 102 valence electrons. The molecule has 1 aromatic carbocycles. The lowest BCUT2D eigenvalue weighted by molar-refractivity contribution is 0.0159. The van der Waals surface area contributed by atoms with Crippen LogP contribution in [-0.2, 0) is 9.47 Å². The van der Waals surface area contributed by atoms with Crippen molar-refractivity contribution in [2.24, 2.45) is 5.73 Å². The molecular formula is C13H19F2NO2. The normalized spacial score (nSPS) is 13.0. The average molecular weight is 259 g/mol. The zero-order valence-electron chi connectivity index (χ0n) is 10.7. The number of benzene rings is 1. The molecule has 3 nitrogen and oxygen atoms in total. The fraction of sp³-hybridized carbons (Fsp3) is 0.538. The van der Waals surface area contributed by atoms with Gasteiger partial charge in [0.25, 0.3) is 0 Å². The molecule has 0 heterocycles. The van der Waals surface area contributed by atoms with Crippen LogP contribution in [0, 0.1) is 11.6 Å². The van der Waals surface area contributed by atoms with Gasteiger partial charge in [0.05, 0.1) is 32.0 Å².